The van der Waals surface area contributed by atoms with Crippen LogP contribution >= 0.6 is 11.8 Å². The van der Waals surface area contributed by atoms with Crippen LogP contribution in [0.15, 0.2) is 66.1 Å². The topological polar surface area (TPSA) is 0 Å². The lowest BCUT2D eigenvalue weighted by Gasteiger charge is -2.08. The summed E-state index contributed by atoms with van der Waals surface area (Å²) < 4.78 is 0. The van der Waals surface area contributed by atoms with E-state index in [1.54, 1.807) is 0 Å². The number of allylic oxidation sites excluding steroid dienone is 1. The van der Waals surface area contributed by atoms with Crippen molar-refractivity contribution in [3.05, 3.63) is 71.6 Å². The summed E-state index contributed by atoms with van der Waals surface area (Å²) in [6.45, 7) is 2.05. The lowest BCUT2D eigenvalue weighted by atomic mass is 10.0. The summed E-state index contributed by atoms with van der Waals surface area (Å²) in [5.41, 5.74) is 4.02. The van der Waals surface area contributed by atoms with Crippen molar-refractivity contribution in [3.8, 4) is 11.1 Å². The van der Waals surface area contributed by atoms with E-state index in [2.05, 4.69) is 73.0 Å². The van der Waals surface area contributed by atoms with Crippen molar-refractivity contribution in [3.63, 3.8) is 0 Å². The summed E-state index contributed by atoms with van der Waals surface area (Å²) in [4.78, 5) is 0. The van der Waals surface area contributed by atoms with Crippen LogP contribution in [0.2, 0.25) is 0 Å². The van der Waals surface area contributed by atoms with Gasteiger partial charge < -0.3 is 0 Å². The fourth-order valence-corrected chi connectivity index (χ4v) is 2.50. The molecule has 0 amide bonds. The Hall–Kier alpha value is -1.47. The highest BCUT2D eigenvalue weighted by atomic mass is 32.2. The molecule has 2 rings (SSSR count). The van der Waals surface area contributed by atoms with Crippen molar-refractivity contribution < 1.29 is 0 Å². The Balaban J connectivity index is 2.28. The third-order valence-corrected chi connectivity index (χ3v) is 3.52. The second-order valence-corrected chi connectivity index (χ2v) is 4.70. The summed E-state index contributed by atoms with van der Waals surface area (Å²) in [7, 11) is 0. The molecule has 0 nitrogen and oxygen atoms in total. The number of benzene rings is 2. The van der Waals surface area contributed by atoms with Crippen LogP contribution < -0.4 is 0 Å². The van der Waals surface area contributed by atoms with Crippen LogP contribution in [0.5, 0.6) is 0 Å². The van der Waals surface area contributed by atoms with E-state index in [0.29, 0.717) is 0 Å². The maximum atomic E-state index is 2.21. The lowest BCUT2D eigenvalue weighted by molar-refractivity contribution is 1.41. The van der Waals surface area contributed by atoms with Gasteiger partial charge in [0.1, 0.15) is 0 Å². The first-order chi connectivity index (χ1) is 8.42. The molecule has 0 bridgehead atoms. The second-order valence-electron chi connectivity index (χ2n) is 3.80. The standard InChI is InChI=1S/C16H16S/c1-2-12-17-13-15-10-6-7-11-16(15)14-8-4-3-5-9-14/h2-12H,13H2,1H3. The minimum absolute atomic E-state index is 1.02. The average molecular weight is 240 g/mol. The van der Waals surface area contributed by atoms with Crippen molar-refractivity contribution in [1.82, 2.24) is 0 Å². The van der Waals surface area contributed by atoms with Crippen molar-refractivity contribution in [1.29, 1.82) is 0 Å². The van der Waals surface area contributed by atoms with Crippen molar-refractivity contribution in [2.24, 2.45) is 0 Å². The third kappa shape index (κ3) is 3.24. The van der Waals surface area contributed by atoms with Crippen molar-refractivity contribution in [2.45, 2.75) is 12.7 Å². The zero-order valence-electron chi connectivity index (χ0n) is 9.97. The van der Waals surface area contributed by atoms with Crippen LogP contribution in [-0.4, -0.2) is 0 Å². The molecule has 0 aliphatic rings. The Kier molecular flexibility index (Phi) is 4.45. The monoisotopic (exact) mass is 240 g/mol. The van der Waals surface area contributed by atoms with Gasteiger partial charge in [-0.05, 0) is 29.0 Å². The quantitative estimate of drug-likeness (QED) is 0.714. The normalized spacial score (nSPS) is 10.9. The van der Waals surface area contributed by atoms with Gasteiger partial charge in [0.2, 0.25) is 0 Å². The smallest absolute Gasteiger partial charge is 0.0232 e. The van der Waals surface area contributed by atoms with Gasteiger partial charge >= 0.3 is 0 Å². The SMILES string of the molecule is CC=CSCc1ccccc1-c1ccccc1. The number of thioether (sulfide) groups is 1. The molecule has 0 atom stereocenters. The van der Waals surface area contributed by atoms with Crippen molar-refractivity contribution >= 4 is 11.8 Å². The zero-order valence-corrected chi connectivity index (χ0v) is 10.8. The van der Waals surface area contributed by atoms with E-state index < -0.39 is 0 Å². The molecule has 0 saturated heterocycles. The van der Waals surface area contributed by atoms with Gasteiger partial charge in [0.05, 0.1) is 0 Å². The van der Waals surface area contributed by atoms with Gasteiger partial charge in [-0.25, -0.2) is 0 Å². The molecule has 0 unspecified atom stereocenters. The first-order valence-corrected chi connectivity index (χ1v) is 6.83. The number of hydrogen-bond donors (Lipinski definition) is 0. The van der Waals surface area contributed by atoms with E-state index in [9.17, 15) is 0 Å². The molecule has 2 aromatic rings. The van der Waals surface area contributed by atoms with E-state index in [0.717, 1.165) is 5.75 Å². The van der Waals surface area contributed by atoms with Gasteiger partial charge in [0.15, 0.2) is 0 Å². The second kappa shape index (κ2) is 6.31. The molecule has 1 heteroatoms. The average Bonchev–Trinajstić information content (AvgIpc) is 2.41. The first-order valence-electron chi connectivity index (χ1n) is 5.78. The van der Waals surface area contributed by atoms with Gasteiger partial charge in [-0.15, -0.1) is 11.8 Å². The zero-order chi connectivity index (χ0) is 11.9. The largest absolute Gasteiger partial charge is 0.130 e. The van der Waals surface area contributed by atoms with Crippen LogP contribution in [-0.2, 0) is 5.75 Å². The van der Waals surface area contributed by atoms with E-state index in [1.807, 2.05) is 11.8 Å². The molecular weight excluding hydrogens is 224 g/mol. The predicted octanol–water partition coefficient (Wildman–Crippen LogP) is 5.12. The summed E-state index contributed by atoms with van der Waals surface area (Å²) in [5, 5.41) is 2.14. The van der Waals surface area contributed by atoms with Crippen molar-refractivity contribution in [2.75, 3.05) is 0 Å². The van der Waals surface area contributed by atoms with Gasteiger partial charge in [-0.1, -0.05) is 60.7 Å². The fraction of sp³-hybridized carbons (Fsp3) is 0.125. The highest BCUT2D eigenvalue weighted by Crippen LogP contribution is 2.26. The van der Waals surface area contributed by atoms with Gasteiger partial charge in [-0.2, -0.15) is 0 Å². The molecule has 0 aromatic heterocycles. The van der Waals surface area contributed by atoms with E-state index in [4.69, 9.17) is 0 Å². The molecule has 2 aromatic carbocycles. The van der Waals surface area contributed by atoms with E-state index in [1.165, 1.54) is 16.7 Å². The van der Waals surface area contributed by atoms with Crippen LogP contribution in [0.4, 0.5) is 0 Å². The molecule has 0 fully saturated rings. The Bertz CT molecular complexity index is 486. The third-order valence-electron chi connectivity index (χ3n) is 2.57. The lowest BCUT2D eigenvalue weighted by Crippen LogP contribution is -1.86. The summed E-state index contributed by atoms with van der Waals surface area (Å²) >= 11 is 1.83. The Morgan fingerprint density at radius 3 is 2.41 bits per heavy atom. The van der Waals surface area contributed by atoms with Crippen LogP contribution in [0.1, 0.15) is 12.5 Å². The fourth-order valence-electron chi connectivity index (χ4n) is 1.78. The highest BCUT2D eigenvalue weighted by Gasteiger charge is 2.02. The molecule has 0 spiro atoms. The minimum atomic E-state index is 1.02. The molecule has 0 radical (unpaired) electrons. The molecule has 0 aliphatic carbocycles. The number of hydrogen-bond acceptors (Lipinski definition) is 1. The van der Waals surface area contributed by atoms with Gasteiger partial charge in [0.25, 0.3) is 0 Å². The van der Waals surface area contributed by atoms with Gasteiger partial charge in [0, 0.05) is 5.75 Å². The maximum Gasteiger partial charge on any atom is 0.0232 e. The summed E-state index contributed by atoms with van der Waals surface area (Å²) in [5.74, 6) is 1.02. The molecule has 86 valence electrons. The molecule has 0 aliphatic heterocycles. The molecule has 0 N–H and O–H groups in total. The Morgan fingerprint density at radius 1 is 0.941 bits per heavy atom. The highest BCUT2D eigenvalue weighted by molar-refractivity contribution is 8.01. The molecule has 0 saturated carbocycles. The maximum absolute atomic E-state index is 2.21. The summed E-state index contributed by atoms with van der Waals surface area (Å²) in [6, 6.07) is 19.2. The first kappa shape index (κ1) is 12.0. The van der Waals surface area contributed by atoms with E-state index in [-0.39, 0.29) is 0 Å². The van der Waals surface area contributed by atoms with Crippen LogP contribution in [0.25, 0.3) is 11.1 Å². The minimum Gasteiger partial charge on any atom is -0.130 e. The number of rotatable bonds is 4. The summed E-state index contributed by atoms with van der Waals surface area (Å²) in [6.07, 6.45) is 2.08. The molecular formula is C16H16S. The van der Waals surface area contributed by atoms with Crippen LogP contribution in [0.3, 0.4) is 0 Å². The van der Waals surface area contributed by atoms with Gasteiger partial charge in [-0.3, -0.25) is 0 Å². The van der Waals surface area contributed by atoms with Crippen LogP contribution in [0, 0.1) is 0 Å². The molecule has 17 heavy (non-hydrogen) atoms. The van der Waals surface area contributed by atoms with E-state index >= 15 is 0 Å². The molecule has 0 heterocycles. The predicted molar refractivity (Wildman–Crippen MR) is 78.0 cm³/mol. The Morgan fingerprint density at radius 2 is 1.65 bits per heavy atom. The Labute approximate surface area is 107 Å².